The summed E-state index contributed by atoms with van der Waals surface area (Å²) < 4.78 is 10.4. The summed E-state index contributed by atoms with van der Waals surface area (Å²) in [4.78, 5) is 26.2. The molecular formula is C23H27NO4. The molecule has 1 amide bonds. The molecular weight excluding hydrogens is 354 g/mol. The minimum Gasteiger partial charge on any atom is -0.469 e. The fourth-order valence-corrected chi connectivity index (χ4v) is 3.45. The van der Waals surface area contributed by atoms with Crippen molar-refractivity contribution < 1.29 is 19.1 Å². The van der Waals surface area contributed by atoms with Crippen LogP contribution in [0.2, 0.25) is 0 Å². The molecule has 1 heterocycles. The van der Waals surface area contributed by atoms with Gasteiger partial charge in [0.25, 0.3) is 0 Å². The van der Waals surface area contributed by atoms with Gasteiger partial charge in [-0.05, 0) is 43.2 Å². The van der Waals surface area contributed by atoms with E-state index in [1.54, 1.807) is 4.90 Å². The van der Waals surface area contributed by atoms with E-state index in [1.165, 1.54) is 12.5 Å². The Hall–Kier alpha value is -2.82. The van der Waals surface area contributed by atoms with E-state index in [1.807, 2.05) is 51.1 Å². The third-order valence-corrected chi connectivity index (χ3v) is 4.83. The lowest BCUT2D eigenvalue weighted by atomic mass is 9.95. The van der Waals surface area contributed by atoms with Crippen molar-refractivity contribution in [2.24, 2.45) is 11.8 Å². The first kappa shape index (κ1) is 19.9. The zero-order chi connectivity index (χ0) is 20.3. The molecule has 0 spiro atoms. The van der Waals surface area contributed by atoms with Crippen molar-refractivity contribution in [3.8, 4) is 0 Å². The Morgan fingerprint density at radius 3 is 2.46 bits per heavy atom. The van der Waals surface area contributed by atoms with Crippen molar-refractivity contribution in [3.05, 3.63) is 54.1 Å². The maximum Gasteiger partial charge on any atom is 0.410 e. The van der Waals surface area contributed by atoms with E-state index in [4.69, 9.17) is 9.47 Å². The lowest BCUT2D eigenvalue weighted by Crippen LogP contribution is -2.36. The average Bonchev–Trinajstić information content (AvgIpc) is 3.09. The molecule has 2 atom stereocenters. The second-order valence-corrected chi connectivity index (χ2v) is 8.14. The van der Waals surface area contributed by atoms with Crippen LogP contribution in [-0.4, -0.2) is 42.8 Å². The highest BCUT2D eigenvalue weighted by molar-refractivity contribution is 5.84. The van der Waals surface area contributed by atoms with Crippen LogP contribution in [0, 0.1) is 11.8 Å². The van der Waals surface area contributed by atoms with Crippen molar-refractivity contribution in [2.45, 2.75) is 26.4 Å². The number of hydrogen-bond donors (Lipinski definition) is 0. The van der Waals surface area contributed by atoms with Crippen LogP contribution in [0.25, 0.3) is 16.8 Å². The molecule has 0 aromatic heterocycles. The van der Waals surface area contributed by atoms with E-state index in [2.05, 4.69) is 24.3 Å². The van der Waals surface area contributed by atoms with Crippen LogP contribution < -0.4 is 0 Å². The second-order valence-electron chi connectivity index (χ2n) is 8.14. The number of nitrogens with zero attached hydrogens (tertiary/aromatic N) is 1. The molecule has 2 aromatic rings. The van der Waals surface area contributed by atoms with Crippen LogP contribution in [0.3, 0.4) is 0 Å². The topological polar surface area (TPSA) is 55.8 Å². The van der Waals surface area contributed by atoms with Gasteiger partial charge in [0, 0.05) is 19.0 Å². The average molecular weight is 381 g/mol. The molecule has 28 heavy (non-hydrogen) atoms. The highest BCUT2D eigenvalue weighted by atomic mass is 16.6. The SMILES string of the molecule is COC(=O)[C@H]1CN(C(=O)OC(C)(C)C)C[C@@H]1/C=C\c1ccc2ccccc2c1. The number of likely N-dealkylation sites (tertiary alicyclic amines) is 1. The van der Waals surface area contributed by atoms with E-state index < -0.39 is 17.6 Å². The Bertz CT molecular complexity index is 897. The molecule has 0 bridgehead atoms. The Balaban J connectivity index is 1.78. The zero-order valence-electron chi connectivity index (χ0n) is 16.8. The molecule has 0 saturated carbocycles. The normalized spacial score (nSPS) is 19.9. The molecule has 0 radical (unpaired) electrons. The standard InChI is InChI=1S/C23H27NO4/c1-23(2,3)28-22(26)24-14-19(20(15-24)21(25)27-4)12-10-16-9-11-17-7-5-6-8-18(17)13-16/h5-13,19-20H,14-15H2,1-4H3/b12-10-/t19-,20-/m0/s1. The highest BCUT2D eigenvalue weighted by Crippen LogP contribution is 2.28. The molecule has 5 nitrogen and oxygen atoms in total. The molecule has 1 aliphatic rings. The van der Waals surface area contributed by atoms with Crippen LogP contribution in [0.1, 0.15) is 26.3 Å². The summed E-state index contributed by atoms with van der Waals surface area (Å²) in [5, 5.41) is 2.35. The van der Waals surface area contributed by atoms with Gasteiger partial charge < -0.3 is 14.4 Å². The number of carbonyl (C=O) groups is 2. The molecule has 5 heteroatoms. The fraction of sp³-hybridized carbons (Fsp3) is 0.391. The van der Waals surface area contributed by atoms with Crippen LogP contribution in [0.5, 0.6) is 0 Å². The predicted molar refractivity (Wildman–Crippen MR) is 110 cm³/mol. The highest BCUT2D eigenvalue weighted by Gasteiger charge is 2.40. The summed E-state index contributed by atoms with van der Waals surface area (Å²) >= 11 is 0. The van der Waals surface area contributed by atoms with Crippen molar-refractivity contribution in [3.63, 3.8) is 0 Å². The minimum absolute atomic E-state index is 0.119. The maximum absolute atomic E-state index is 12.4. The molecule has 148 valence electrons. The van der Waals surface area contributed by atoms with Gasteiger partial charge in [-0.2, -0.15) is 0 Å². The van der Waals surface area contributed by atoms with Crippen LogP contribution in [0.15, 0.2) is 48.5 Å². The van der Waals surface area contributed by atoms with E-state index >= 15 is 0 Å². The number of methoxy groups -OCH3 is 1. The zero-order valence-corrected chi connectivity index (χ0v) is 16.8. The molecule has 1 fully saturated rings. The summed E-state index contributed by atoms with van der Waals surface area (Å²) in [6.07, 6.45) is 3.60. The lowest BCUT2D eigenvalue weighted by molar-refractivity contribution is -0.145. The van der Waals surface area contributed by atoms with Gasteiger partial charge in [-0.25, -0.2) is 4.79 Å². The Labute approximate surface area is 165 Å². The van der Waals surface area contributed by atoms with Gasteiger partial charge in [0.15, 0.2) is 0 Å². The Morgan fingerprint density at radius 1 is 1.07 bits per heavy atom. The molecule has 1 saturated heterocycles. The van der Waals surface area contributed by atoms with Gasteiger partial charge in [-0.1, -0.05) is 48.6 Å². The number of ether oxygens (including phenoxy) is 2. The smallest absolute Gasteiger partial charge is 0.410 e. The molecule has 3 rings (SSSR count). The van der Waals surface area contributed by atoms with Gasteiger partial charge in [0.1, 0.15) is 5.60 Å². The summed E-state index contributed by atoms with van der Waals surface area (Å²) in [7, 11) is 1.38. The van der Waals surface area contributed by atoms with E-state index in [0.29, 0.717) is 13.1 Å². The van der Waals surface area contributed by atoms with Crippen molar-refractivity contribution >= 4 is 28.9 Å². The lowest BCUT2D eigenvalue weighted by Gasteiger charge is -2.24. The largest absolute Gasteiger partial charge is 0.469 e. The van der Waals surface area contributed by atoms with Gasteiger partial charge in [0.05, 0.1) is 13.0 Å². The van der Waals surface area contributed by atoms with Gasteiger partial charge in [-0.3, -0.25) is 4.79 Å². The quantitative estimate of drug-likeness (QED) is 0.734. The minimum atomic E-state index is -0.573. The van der Waals surface area contributed by atoms with Crippen LogP contribution in [-0.2, 0) is 14.3 Å². The number of benzene rings is 2. The molecule has 0 unspecified atom stereocenters. The van der Waals surface area contributed by atoms with Crippen LogP contribution in [0.4, 0.5) is 4.79 Å². The molecule has 0 aliphatic carbocycles. The predicted octanol–water partition coefficient (Wildman–Crippen LogP) is 4.51. The van der Waals surface area contributed by atoms with E-state index in [9.17, 15) is 9.59 Å². The molecule has 2 aromatic carbocycles. The summed E-state index contributed by atoms with van der Waals surface area (Å²) in [6, 6.07) is 14.4. The first-order valence-corrected chi connectivity index (χ1v) is 9.49. The number of esters is 1. The van der Waals surface area contributed by atoms with Crippen molar-refractivity contribution in [1.29, 1.82) is 0 Å². The van der Waals surface area contributed by atoms with Crippen molar-refractivity contribution in [2.75, 3.05) is 20.2 Å². The Morgan fingerprint density at radius 2 is 1.79 bits per heavy atom. The number of hydrogen-bond acceptors (Lipinski definition) is 4. The first-order chi connectivity index (χ1) is 13.3. The van der Waals surface area contributed by atoms with Crippen LogP contribution >= 0.6 is 0 Å². The van der Waals surface area contributed by atoms with Gasteiger partial charge in [0.2, 0.25) is 0 Å². The fourth-order valence-electron chi connectivity index (χ4n) is 3.45. The first-order valence-electron chi connectivity index (χ1n) is 9.49. The number of fused-ring (bicyclic) bond motifs is 1. The monoisotopic (exact) mass is 381 g/mol. The van der Waals surface area contributed by atoms with Gasteiger partial charge in [-0.15, -0.1) is 0 Å². The van der Waals surface area contributed by atoms with E-state index in [0.717, 1.165) is 10.9 Å². The summed E-state index contributed by atoms with van der Waals surface area (Å²) in [5.41, 5.74) is 0.481. The molecule has 0 N–H and O–H groups in total. The number of rotatable bonds is 3. The van der Waals surface area contributed by atoms with Crippen molar-refractivity contribution in [1.82, 2.24) is 4.90 Å². The second kappa shape index (κ2) is 8.05. The third-order valence-electron chi connectivity index (χ3n) is 4.83. The van der Waals surface area contributed by atoms with Gasteiger partial charge >= 0.3 is 12.1 Å². The van der Waals surface area contributed by atoms with E-state index in [-0.39, 0.29) is 11.9 Å². The number of carbonyl (C=O) groups excluding carboxylic acids is 2. The molecule has 1 aliphatic heterocycles. The summed E-state index contributed by atoms with van der Waals surface area (Å²) in [5.74, 6) is -0.820. The Kier molecular flexibility index (Phi) is 5.73. The third kappa shape index (κ3) is 4.71. The summed E-state index contributed by atoms with van der Waals surface area (Å²) in [6.45, 7) is 6.22. The maximum atomic E-state index is 12.4. The number of amides is 1.